The summed E-state index contributed by atoms with van der Waals surface area (Å²) in [7, 11) is 0. The lowest BCUT2D eigenvalue weighted by molar-refractivity contribution is 0.668. The summed E-state index contributed by atoms with van der Waals surface area (Å²) in [6.07, 6.45) is 0. The molecule has 0 aliphatic carbocycles. The zero-order chi connectivity index (χ0) is 57.8. The average Bonchev–Trinajstić information content (AvgIpc) is 1.75. The molecule has 18 aromatic rings. The Hall–Kier alpha value is -11.9. The second-order valence-corrected chi connectivity index (χ2v) is 22.8. The first-order valence-electron chi connectivity index (χ1n) is 30.0. The van der Waals surface area contributed by atoms with Gasteiger partial charge in [0.2, 0.25) is 0 Å². The third-order valence-corrected chi connectivity index (χ3v) is 17.9. The zero-order valence-corrected chi connectivity index (χ0v) is 47.6. The maximum absolute atomic E-state index is 6.38. The Kier molecular flexibility index (Phi) is 11.2. The molecule has 0 saturated carbocycles. The smallest absolute Gasteiger partial charge is 0.135 e. The van der Waals surface area contributed by atoms with Gasteiger partial charge in [-0.25, -0.2) is 0 Å². The number of hydrogen-bond acceptors (Lipinski definition) is 4. The average molecular weight is 1130 g/mol. The highest BCUT2D eigenvalue weighted by Crippen LogP contribution is 2.48. The standard InChI is InChI=1S/C82H52N4O2/c1-5-17-53(18-6-1)55-29-33-59(34-30-55)83(61-39-47-79-71(49-61)65-25-13-15-27-77(65)87-79)63-37-41-69-75(51-63)85(57-21-9-3-10-22-57)73-45-43-68-67(81(69)73)44-46-74-82(68)70-42-38-64(52-76(70)86(74)58-23-11-4-12-24-58)84(60-35-31-56(32-36-60)54-19-7-2-8-20-54)62-40-48-80-72(50-62)66-26-14-16-28-78(66)88-80/h1-52H. The molecule has 0 atom stereocenters. The van der Waals surface area contributed by atoms with Crippen LogP contribution in [-0.4, -0.2) is 9.13 Å². The summed E-state index contributed by atoms with van der Waals surface area (Å²) in [6.45, 7) is 0. The molecule has 4 heterocycles. The Labute approximate surface area is 506 Å². The first-order chi connectivity index (χ1) is 43.6. The molecular formula is C82H52N4O2. The van der Waals surface area contributed by atoms with E-state index >= 15 is 0 Å². The Morgan fingerprint density at radius 1 is 0.205 bits per heavy atom. The fraction of sp³-hybridized carbons (Fsp3) is 0. The highest BCUT2D eigenvalue weighted by molar-refractivity contribution is 6.30. The van der Waals surface area contributed by atoms with Crippen LogP contribution >= 0.6 is 0 Å². The van der Waals surface area contributed by atoms with Crippen molar-refractivity contribution in [3.05, 3.63) is 315 Å². The van der Waals surface area contributed by atoms with Gasteiger partial charge in [0.1, 0.15) is 22.3 Å². The molecule has 0 amide bonds. The van der Waals surface area contributed by atoms with Gasteiger partial charge in [-0.05, 0) is 166 Å². The van der Waals surface area contributed by atoms with E-state index in [-0.39, 0.29) is 0 Å². The van der Waals surface area contributed by atoms with Gasteiger partial charge in [0, 0.05) is 88.6 Å². The number of hydrogen-bond donors (Lipinski definition) is 0. The lowest BCUT2D eigenvalue weighted by Crippen LogP contribution is -2.10. The van der Waals surface area contributed by atoms with Gasteiger partial charge in [-0.3, -0.25) is 0 Å². The molecule has 0 aliphatic rings. The maximum Gasteiger partial charge on any atom is 0.135 e. The van der Waals surface area contributed by atoms with Crippen molar-refractivity contribution in [3.8, 4) is 33.6 Å². The summed E-state index contributed by atoms with van der Waals surface area (Å²) in [5, 5.41) is 11.5. The van der Waals surface area contributed by atoms with Crippen molar-refractivity contribution in [2.45, 2.75) is 0 Å². The molecule has 412 valence electrons. The molecule has 4 aromatic heterocycles. The minimum absolute atomic E-state index is 0.863. The van der Waals surface area contributed by atoms with Crippen LogP contribution in [0.3, 0.4) is 0 Å². The molecule has 0 spiro atoms. The van der Waals surface area contributed by atoms with Crippen molar-refractivity contribution in [2.24, 2.45) is 0 Å². The van der Waals surface area contributed by atoms with Gasteiger partial charge in [-0.1, -0.05) is 182 Å². The quantitative estimate of drug-likeness (QED) is 0.137. The van der Waals surface area contributed by atoms with E-state index < -0.39 is 0 Å². The first-order valence-corrected chi connectivity index (χ1v) is 30.0. The van der Waals surface area contributed by atoms with Crippen LogP contribution in [0.15, 0.2) is 324 Å². The predicted molar refractivity (Wildman–Crippen MR) is 367 cm³/mol. The second-order valence-electron chi connectivity index (χ2n) is 22.8. The van der Waals surface area contributed by atoms with E-state index in [1.165, 1.54) is 43.4 Å². The Balaban J connectivity index is 0.846. The molecule has 6 nitrogen and oxygen atoms in total. The van der Waals surface area contributed by atoms with Crippen molar-refractivity contribution >= 4 is 132 Å². The number of furan rings is 2. The summed E-state index contributed by atoms with van der Waals surface area (Å²) >= 11 is 0. The molecule has 0 aliphatic heterocycles. The van der Waals surface area contributed by atoms with E-state index in [0.29, 0.717) is 0 Å². The van der Waals surface area contributed by atoms with Crippen molar-refractivity contribution in [1.82, 2.24) is 9.13 Å². The first kappa shape index (κ1) is 49.6. The minimum atomic E-state index is 0.863. The molecule has 0 fully saturated rings. The largest absolute Gasteiger partial charge is 0.456 e. The number of fused-ring (bicyclic) bond motifs is 15. The third-order valence-electron chi connectivity index (χ3n) is 17.9. The summed E-state index contributed by atoms with van der Waals surface area (Å²) in [6, 6.07) is 114. The van der Waals surface area contributed by atoms with E-state index in [9.17, 15) is 0 Å². The van der Waals surface area contributed by atoms with Crippen molar-refractivity contribution in [3.63, 3.8) is 0 Å². The number of nitrogens with zero attached hydrogens (tertiary/aromatic N) is 4. The summed E-state index contributed by atoms with van der Waals surface area (Å²) in [5.41, 5.74) is 21.1. The Bertz CT molecular complexity index is 5370. The van der Waals surface area contributed by atoms with E-state index in [0.717, 1.165) is 123 Å². The van der Waals surface area contributed by atoms with E-state index in [1.54, 1.807) is 0 Å². The van der Waals surface area contributed by atoms with Crippen molar-refractivity contribution in [2.75, 3.05) is 9.80 Å². The fourth-order valence-electron chi connectivity index (χ4n) is 13.9. The monoisotopic (exact) mass is 1120 g/mol. The van der Waals surface area contributed by atoms with Crippen LogP contribution < -0.4 is 9.80 Å². The SMILES string of the molecule is c1ccc(-c2ccc(N(c3ccc4oc5ccccc5c4c3)c3ccc4c5c6ccc7c(c6ccc5n(-c5ccccc5)c4c3)c3ccc(N(c4ccc(-c5ccccc5)cc4)c4ccc5oc6ccccc6c5c4)cc3n7-c3ccccc3)cc2)cc1. The second kappa shape index (κ2) is 19.9. The molecule has 0 unspecified atom stereocenters. The van der Waals surface area contributed by atoms with Gasteiger partial charge in [0.15, 0.2) is 0 Å². The maximum atomic E-state index is 6.38. The summed E-state index contributed by atoms with van der Waals surface area (Å²) in [5.74, 6) is 0. The van der Waals surface area contributed by atoms with Crippen molar-refractivity contribution < 1.29 is 8.83 Å². The number of para-hydroxylation sites is 4. The van der Waals surface area contributed by atoms with Gasteiger partial charge in [-0.15, -0.1) is 0 Å². The summed E-state index contributed by atoms with van der Waals surface area (Å²) < 4.78 is 17.7. The molecule has 14 aromatic carbocycles. The van der Waals surface area contributed by atoms with Crippen LogP contribution in [0.5, 0.6) is 0 Å². The fourth-order valence-corrected chi connectivity index (χ4v) is 13.9. The highest BCUT2D eigenvalue weighted by atomic mass is 16.3. The number of benzene rings is 14. The molecule has 0 N–H and O–H groups in total. The van der Waals surface area contributed by atoms with Crippen molar-refractivity contribution in [1.29, 1.82) is 0 Å². The predicted octanol–water partition coefficient (Wildman–Crippen LogP) is 23.1. The molecule has 88 heavy (non-hydrogen) atoms. The van der Waals surface area contributed by atoms with Gasteiger partial charge in [0.25, 0.3) is 0 Å². The normalized spacial score (nSPS) is 11.9. The van der Waals surface area contributed by atoms with Crippen LogP contribution in [0.4, 0.5) is 34.1 Å². The zero-order valence-electron chi connectivity index (χ0n) is 47.6. The molecular weight excluding hydrogens is 1070 g/mol. The van der Waals surface area contributed by atoms with Gasteiger partial charge < -0.3 is 27.8 Å². The summed E-state index contributed by atoms with van der Waals surface area (Å²) in [4.78, 5) is 4.77. The molecule has 0 saturated heterocycles. The lowest BCUT2D eigenvalue weighted by atomic mass is 9.99. The van der Waals surface area contributed by atoms with Gasteiger partial charge in [-0.2, -0.15) is 0 Å². The van der Waals surface area contributed by atoms with E-state index in [1.807, 2.05) is 24.3 Å². The molecule has 0 radical (unpaired) electrons. The number of anilines is 6. The molecule has 0 bridgehead atoms. The number of aromatic nitrogens is 2. The van der Waals surface area contributed by atoms with E-state index in [4.69, 9.17) is 8.83 Å². The minimum Gasteiger partial charge on any atom is -0.456 e. The topological polar surface area (TPSA) is 42.6 Å². The highest BCUT2D eigenvalue weighted by Gasteiger charge is 2.25. The van der Waals surface area contributed by atoms with Crippen LogP contribution in [-0.2, 0) is 0 Å². The van der Waals surface area contributed by atoms with Gasteiger partial charge in [0.05, 0.1) is 22.1 Å². The third kappa shape index (κ3) is 7.89. The van der Waals surface area contributed by atoms with Crippen LogP contribution in [0.2, 0.25) is 0 Å². The number of rotatable bonds is 10. The lowest BCUT2D eigenvalue weighted by Gasteiger charge is -2.26. The Morgan fingerprint density at radius 3 is 0.943 bits per heavy atom. The van der Waals surface area contributed by atoms with Crippen LogP contribution in [0, 0.1) is 0 Å². The van der Waals surface area contributed by atoms with Crippen LogP contribution in [0.25, 0.3) is 132 Å². The van der Waals surface area contributed by atoms with Gasteiger partial charge >= 0.3 is 0 Å². The van der Waals surface area contributed by atoms with E-state index in [2.05, 4.69) is 310 Å². The molecule has 18 rings (SSSR count). The molecule has 6 heteroatoms. The Morgan fingerprint density at radius 2 is 0.523 bits per heavy atom. The van der Waals surface area contributed by atoms with Crippen LogP contribution in [0.1, 0.15) is 0 Å².